The van der Waals surface area contributed by atoms with Gasteiger partial charge in [0.15, 0.2) is 0 Å². The zero-order valence-electron chi connectivity index (χ0n) is 14.3. The predicted octanol–water partition coefficient (Wildman–Crippen LogP) is 5.00. The van der Waals surface area contributed by atoms with Crippen molar-refractivity contribution < 1.29 is 56.9 Å². The lowest BCUT2D eigenvalue weighted by Crippen LogP contribution is -2.63. The standard InChI is InChI=1S/C14H13F9O4S/c1-10(2,3)26-8-4-6-9(7-5-8)27-28(24,25)14(22,23)12(17,18)11(15,16)13(19,20)21/h4-7H,1-3H3. The fraction of sp³-hybridized carbons (Fsp3) is 0.571. The highest BCUT2D eigenvalue weighted by molar-refractivity contribution is 7.88. The minimum atomic E-state index is -7.36. The highest BCUT2D eigenvalue weighted by Crippen LogP contribution is 2.54. The van der Waals surface area contributed by atoms with Gasteiger partial charge < -0.3 is 8.92 Å². The third kappa shape index (κ3) is 4.41. The number of rotatable bonds is 6. The molecule has 4 nitrogen and oxygen atoms in total. The molecular formula is C14H13F9O4S. The predicted molar refractivity (Wildman–Crippen MR) is 77.3 cm³/mol. The molecule has 1 aromatic carbocycles. The fourth-order valence-corrected chi connectivity index (χ4v) is 2.52. The van der Waals surface area contributed by atoms with E-state index in [2.05, 4.69) is 4.18 Å². The van der Waals surface area contributed by atoms with Gasteiger partial charge in [-0.15, -0.1) is 0 Å². The normalized spacial score (nSPS) is 14.7. The number of ether oxygens (including phenoxy) is 1. The summed E-state index contributed by atoms with van der Waals surface area (Å²) in [4.78, 5) is 0. The second kappa shape index (κ2) is 6.88. The summed E-state index contributed by atoms with van der Waals surface area (Å²) in [7, 11) is -6.97. The Morgan fingerprint density at radius 3 is 1.46 bits per heavy atom. The minimum Gasteiger partial charge on any atom is -0.488 e. The lowest BCUT2D eigenvalue weighted by Gasteiger charge is -2.32. The topological polar surface area (TPSA) is 52.6 Å². The second-order valence-corrected chi connectivity index (χ2v) is 7.97. The van der Waals surface area contributed by atoms with E-state index in [1.807, 2.05) is 0 Å². The van der Waals surface area contributed by atoms with Crippen LogP contribution in [0.5, 0.6) is 11.5 Å². The largest absolute Gasteiger partial charge is 0.488 e. The van der Waals surface area contributed by atoms with Crippen molar-refractivity contribution in [2.75, 3.05) is 0 Å². The van der Waals surface area contributed by atoms with Crippen LogP contribution < -0.4 is 8.92 Å². The third-order valence-electron chi connectivity index (χ3n) is 2.88. The second-order valence-electron chi connectivity index (χ2n) is 6.39. The molecule has 0 saturated carbocycles. The van der Waals surface area contributed by atoms with Crippen LogP contribution in [-0.2, 0) is 10.1 Å². The molecule has 0 aromatic heterocycles. The average Bonchev–Trinajstić information content (AvgIpc) is 2.45. The number of benzene rings is 1. The molecule has 0 N–H and O–H groups in total. The van der Waals surface area contributed by atoms with Gasteiger partial charge in [-0.25, -0.2) is 0 Å². The molecule has 162 valence electrons. The van der Waals surface area contributed by atoms with E-state index in [1.54, 1.807) is 20.8 Å². The van der Waals surface area contributed by atoms with Gasteiger partial charge >= 0.3 is 33.4 Å². The number of halogens is 9. The first-order valence-electron chi connectivity index (χ1n) is 7.09. The molecule has 1 rings (SSSR count). The van der Waals surface area contributed by atoms with Crippen LogP contribution >= 0.6 is 0 Å². The van der Waals surface area contributed by atoms with Crippen molar-refractivity contribution in [2.45, 2.75) is 49.6 Å². The Hall–Kier alpha value is -1.86. The van der Waals surface area contributed by atoms with E-state index in [0.29, 0.717) is 12.1 Å². The van der Waals surface area contributed by atoms with Crippen LogP contribution in [0.1, 0.15) is 20.8 Å². The van der Waals surface area contributed by atoms with E-state index in [1.165, 1.54) is 0 Å². The van der Waals surface area contributed by atoms with Crippen molar-refractivity contribution in [1.29, 1.82) is 0 Å². The Morgan fingerprint density at radius 1 is 0.714 bits per heavy atom. The van der Waals surface area contributed by atoms with Gasteiger partial charge in [-0.3, -0.25) is 0 Å². The first kappa shape index (κ1) is 24.2. The van der Waals surface area contributed by atoms with Gasteiger partial charge in [-0.2, -0.15) is 47.9 Å². The van der Waals surface area contributed by atoms with Crippen LogP contribution in [0.3, 0.4) is 0 Å². The molecule has 0 heterocycles. The van der Waals surface area contributed by atoms with E-state index in [0.717, 1.165) is 12.1 Å². The molecule has 0 radical (unpaired) electrons. The summed E-state index contributed by atoms with van der Waals surface area (Å²) in [6.45, 7) is 4.85. The Kier molecular flexibility index (Phi) is 5.94. The van der Waals surface area contributed by atoms with Crippen molar-refractivity contribution in [3.8, 4) is 11.5 Å². The zero-order valence-corrected chi connectivity index (χ0v) is 15.1. The summed E-state index contributed by atoms with van der Waals surface area (Å²) in [5.41, 5.74) is -0.729. The SMILES string of the molecule is CC(C)(C)Oc1ccc(OS(=O)(=O)C(F)(F)C(F)(F)C(F)(F)C(F)(F)F)cc1. The lowest BCUT2D eigenvalue weighted by molar-refractivity contribution is -0.382. The Balaban J connectivity index is 3.21. The molecule has 14 heteroatoms. The van der Waals surface area contributed by atoms with Crippen molar-refractivity contribution in [3.63, 3.8) is 0 Å². The van der Waals surface area contributed by atoms with Gasteiger partial charge in [0.25, 0.3) is 0 Å². The number of hydrogen-bond acceptors (Lipinski definition) is 4. The van der Waals surface area contributed by atoms with Crippen molar-refractivity contribution in [2.24, 2.45) is 0 Å². The van der Waals surface area contributed by atoms with Crippen LogP contribution in [0.15, 0.2) is 24.3 Å². The van der Waals surface area contributed by atoms with Crippen molar-refractivity contribution >= 4 is 10.1 Å². The fourth-order valence-electron chi connectivity index (χ4n) is 1.61. The number of hydrogen-bond donors (Lipinski definition) is 0. The number of alkyl halides is 9. The summed E-state index contributed by atoms with van der Waals surface area (Å²) < 4.78 is 147. The highest BCUT2D eigenvalue weighted by Gasteiger charge is 2.86. The van der Waals surface area contributed by atoms with Crippen LogP contribution in [0.25, 0.3) is 0 Å². The van der Waals surface area contributed by atoms with Crippen molar-refractivity contribution in [3.05, 3.63) is 24.3 Å². The molecule has 0 saturated heterocycles. The van der Waals surface area contributed by atoms with Crippen LogP contribution in [0.2, 0.25) is 0 Å². The summed E-state index contributed by atoms with van der Waals surface area (Å²) in [6.07, 6.45) is -7.15. The summed E-state index contributed by atoms with van der Waals surface area (Å²) >= 11 is 0. The van der Waals surface area contributed by atoms with Gasteiger partial charge in [-0.05, 0) is 45.0 Å². The molecule has 0 unspecified atom stereocenters. The molecule has 0 aliphatic rings. The monoisotopic (exact) mass is 448 g/mol. The Morgan fingerprint density at radius 2 is 1.11 bits per heavy atom. The lowest BCUT2D eigenvalue weighted by atomic mass is 10.1. The molecule has 0 amide bonds. The molecular weight excluding hydrogens is 435 g/mol. The summed E-state index contributed by atoms with van der Waals surface area (Å²) in [5.74, 6) is -15.7. The zero-order chi connectivity index (χ0) is 22.4. The van der Waals surface area contributed by atoms with E-state index >= 15 is 0 Å². The van der Waals surface area contributed by atoms with Gasteiger partial charge in [0.1, 0.15) is 17.1 Å². The molecule has 0 fully saturated rings. The van der Waals surface area contributed by atoms with E-state index in [-0.39, 0.29) is 5.75 Å². The van der Waals surface area contributed by atoms with Crippen molar-refractivity contribution in [1.82, 2.24) is 0 Å². The smallest absolute Gasteiger partial charge is 0.460 e. The summed E-state index contributed by atoms with van der Waals surface area (Å²) in [6, 6.07) is 3.23. The maximum atomic E-state index is 13.5. The van der Waals surface area contributed by atoms with Crippen LogP contribution in [0, 0.1) is 0 Å². The molecule has 0 atom stereocenters. The quantitative estimate of drug-likeness (QED) is 0.454. The van der Waals surface area contributed by atoms with Gasteiger partial charge in [0.2, 0.25) is 0 Å². The third-order valence-corrected chi connectivity index (χ3v) is 4.18. The highest BCUT2D eigenvalue weighted by atomic mass is 32.2. The van der Waals surface area contributed by atoms with Gasteiger partial charge in [0.05, 0.1) is 0 Å². The maximum absolute atomic E-state index is 13.5. The molecule has 0 spiro atoms. The van der Waals surface area contributed by atoms with E-state index in [9.17, 15) is 47.9 Å². The molecule has 0 aliphatic carbocycles. The van der Waals surface area contributed by atoms with Crippen LogP contribution in [0.4, 0.5) is 39.5 Å². The Labute approximate surface area is 153 Å². The first-order valence-corrected chi connectivity index (χ1v) is 8.50. The molecule has 0 bridgehead atoms. The average molecular weight is 448 g/mol. The first-order chi connectivity index (χ1) is 12.2. The van der Waals surface area contributed by atoms with Crippen LogP contribution in [-0.4, -0.2) is 37.3 Å². The van der Waals surface area contributed by atoms with E-state index < -0.39 is 44.7 Å². The maximum Gasteiger partial charge on any atom is 0.460 e. The van der Waals surface area contributed by atoms with Gasteiger partial charge in [-0.1, -0.05) is 0 Å². The Bertz CT molecular complexity index is 794. The summed E-state index contributed by atoms with van der Waals surface area (Å²) in [5, 5.41) is -6.92. The molecule has 0 aliphatic heterocycles. The molecule has 28 heavy (non-hydrogen) atoms. The van der Waals surface area contributed by atoms with Gasteiger partial charge in [0, 0.05) is 0 Å². The molecule has 1 aromatic rings. The van der Waals surface area contributed by atoms with E-state index in [4.69, 9.17) is 4.74 Å². The minimum absolute atomic E-state index is 0.0675.